The van der Waals surface area contributed by atoms with Crippen molar-refractivity contribution in [2.75, 3.05) is 4.90 Å². The summed E-state index contributed by atoms with van der Waals surface area (Å²) in [5.74, 6) is -1.03. The summed E-state index contributed by atoms with van der Waals surface area (Å²) in [6.45, 7) is 0. The third-order valence-corrected chi connectivity index (χ3v) is 6.31. The molecule has 114 valence electrons. The molecule has 2 amide bonds. The van der Waals surface area contributed by atoms with Crippen molar-refractivity contribution in [1.82, 2.24) is 0 Å². The summed E-state index contributed by atoms with van der Waals surface area (Å²) in [4.78, 5) is 26.7. The molecule has 5 fully saturated rings. The normalized spacial score (nSPS) is 41.6. The molecule has 1 aromatic carbocycles. The zero-order valence-electron chi connectivity index (χ0n) is 11.8. The van der Waals surface area contributed by atoms with Crippen LogP contribution in [0.5, 0.6) is 0 Å². The Balaban J connectivity index is 1.57. The van der Waals surface area contributed by atoms with Gasteiger partial charge >= 0.3 is 0 Å². The second-order valence-corrected chi connectivity index (χ2v) is 7.13. The quantitative estimate of drug-likeness (QED) is 0.748. The van der Waals surface area contributed by atoms with E-state index in [4.69, 9.17) is 0 Å². The first kappa shape index (κ1) is 12.7. The number of halogens is 2. The van der Waals surface area contributed by atoms with Gasteiger partial charge in [0.15, 0.2) is 11.6 Å². The van der Waals surface area contributed by atoms with E-state index >= 15 is 0 Å². The fourth-order valence-corrected chi connectivity index (χ4v) is 5.42. The number of anilines is 1. The van der Waals surface area contributed by atoms with Gasteiger partial charge in [-0.25, -0.2) is 13.7 Å². The lowest BCUT2D eigenvalue weighted by Gasteiger charge is -2.42. The number of rotatable bonds is 1. The Kier molecular flexibility index (Phi) is 2.28. The van der Waals surface area contributed by atoms with E-state index in [-0.39, 0.29) is 29.3 Å². The van der Waals surface area contributed by atoms with Crippen molar-refractivity contribution in [3.63, 3.8) is 0 Å². The van der Waals surface area contributed by atoms with Gasteiger partial charge in [-0.2, -0.15) is 0 Å². The lowest BCUT2D eigenvalue weighted by molar-refractivity contribution is -0.129. The van der Waals surface area contributed by atoms with Gasteiger partial charge in [0.2, 0.25) is 11.8 Å². The molecule has 4 aliphatic carbocycles. The van der Waals surface area contributed by atoms with Crippen molar-refractivity contribution < 1.29 is 18.4 Å². The minimum absolute atomic E-state index is 0.163. The molecule has 0 spiro atoms. The molecule has 1 aromatic rings. The van der Waals surface area contributed by atoms with E-state index in [0.717, 1.165) is 36.3 Å². The van der Waals surface area contributed by atoms with Crippen LogP contribution in [0.15, 0.2) is 18.2 Å². The first-order chi connectivity index (χ1) is 10.6. The Morgan fingerprint density at radius 3 is 2.00 bits per heavy atom. The maximum Gasteiger partial charge on any atom is 0.237 e. The maximum atomic E-state index is 13.5. The Morgan fingerprint density at radius 1 is 0.864 bits per heavy atom. The summed E-state index contributed by atoms with van der Waals surface area (Å²) in [6, 6.07) is 3.23. The molecular weight excluding hydrogens is 288 g/mol. The van der Waals surface area contributed by atoms with Crippen LogP contribution < -0.4 is 4.90 Å². The highest BCUT2D eigenvalue weighted by atomic mass is 19.2. The summed E-state index contributed by atoms with van der Waals surface area (Å²) < 4.78 is 26.6. The number of fused-ring (bicyclic) bond motifs is 1. The van der Waals surface area contributed by atoms with Crippen molar-refractivity contribution in [3.8, 4) is 0 Å². The molecule has 1 aliphatic heterocycles. The van der Waals surface area contributed by atoms with E-state index in [1.165, 1.54) is 6.07 Å². The molecule has 0 N–H and O–H groups in total. The summed E-state index contributed by atoms with van der Waals surface area (Å²) in [5.41, 5.74) is 0.163. The van der Waals surface area contributed by atoms with Gasteiger partial charge in [-0.1, -0.05) is 0 Å². The van der Waals surface area contributed by atoms with Crippen molar-refractivity contribution >= 4 is 17.5 Å². The molecule has 5 aliphatic rings. The Labute approximate surface area is 126 Å². The van der Waals surface area contributed by atoms with Crippen molar-refractivity contribution in [2.24, 2.45) is 35.5 Å². The molecule has 3 nitrogen and oxygen atoms in total. The molecule has 0 unspecified atom stereocenters. The zero-order chi connectivity index (χ0) is 15.2. The number of hydrogen-bond acceptors (Lipinski definition) is 2. The van der Waals surface area contributed by atoms with E-state index in [0.29, 0.717) is 23.7 Å². The van der Waals surface area contributed by atoms with Gasteiger partial charge < -0.3 is 0 Å². The third kappa shape index (κ3) is 1.40. The topological polar surface area (TPSA) is 37.4 Å². The van der Waals surface area contributed by atoms with Crippen LogP contribution in [0, 0.1) is 47.1 Å². The van der Waals surface area contributed by atoms with Gasteiger partial charge in [0.25, 0.3) is 0 Å². The monoisotopic (exact) mass is 303 g/mol. The fraction of sp³-hybridized carbons (Fsp3) is 0.529. The molecule has 5 heteroatoms. The van der Waals surface area contributed by atoms with E-state index in [1.807, 2.05) is 0 Å². The van der Waals surface area contributed by atoms with Crippen LogP contribution in [0.2, 0.25) is 0 Å². The standard InChI is InChI=1S/C17H15F2NO2/c18-12-4-1-7(5-13(12)19)20-16(21)14-8-2-3-9(11-6-10(8)11)15(14)17(20)22/h1,4-5,8-11,14-15H,2-3,6H2/t8-,9+,10-,11+,14-,15+. The average Bonchev–Trinajstić information content (AvgIpc) is 3.28. The minimum Gasteiger partial charge on any atom is -0.274 e. The van der Waals surface area contributed by atoms with Gasteiger partial charge in [-0.15, -0.1) is 0 Å². The molecule has 2 bridgehead atoms. The van der Waals surface area contributed by atoms with Gasteiger partial charge in [-0.3, -0.25) is 9.59 Å². The van der Waals surface area contributed by atoms with Crippen LogP contribution in [0.1, 0.15) is 19.3 Å². The minimum atomic E-state index is -1.03. The number of hydrogen-bond donors (Lipinski definition) is 0. The molecule has 1 saturated heterocycles. The lowest BCUT2D eigenvalue weighted by Crippen LogP contribution is -2.43. The van der Waals surface area contributed by atoms with E-state index < -0.39 is 11.6 Å². The number of imide groups is 1. The molecule has 22 heavy (non-hydrogen) atoms. The molecule has 6 atom stereocenters. The SMILES string of the molecule is O=C1[C@@H]2[C@@H]3CC[C@@H]([C@@H]4C[C@@H]43)[C@@H]2C(=O)N1c1ccc(F)c(F)c1. The van der Waals surface area contributed by atoms with E-state index in [9.17, 15) is 18.4 Å². The highest BCUT2D eigenvalue weighted by Crippen LogP contribution is 2.68. The molecule has 0 aromatic heterocycles. The highest BCUT2D eigenvalue weighted by molar-refractivity contribution is 6.22. The Morgan fingerprint density at radius 2 is 1.45 bits per heavy atom. The number of benzene rings is 1. The van der Waals surface area contributed by atoms with Crippen molar-refractivity contribution in [2.45, 2.75) is 19.3 Å². The van der Waals surface area contributed by atoms with Gasteiger partial charge in [0.1, 0.15) is 0 Å². The van der Waals surface area contributed by atoms with Crippen molar-refractivity contribution in [1.29, 1.82) is 0 Å². The summed E-state index contributed by atoms with van der Waals surface area (Å²) >= 11 is 0. The fourth-order valence-electron chi connectivity index (χ4n) is 5.42. The van der Waals surface area contributed by atoms with Gasteiger partial charge in [-0.05, 0) is 55.1 Å². The van der Waals surface area contributed by atoms with Crippen LogP contribution >= 0.6 is 0 Å². The molecule has 6 rings (SSSR count). The lowest BCUT2D eigenvalue weighted by atomic mass is 9.59. The smallest absolute Gasteiger partial charge is 0.237 e. The van der Waals surface area contributed by atoms with Gasteiger partial charge in [0.05, 0.1) is 17.5 Å². The van der Waals surface area contributed by atoms with Crippen LogP contribution in [0.3, 0.4) is 0 Å². The largest absolute Gasteiger partial charge is 0.274 e. The van der Waals surface area contributed by atoms with E-state index in [1.54, 1.807) is 0 Å². The molecule has 4 saturated carbocycles. The zero-order valence-corrected chi connectivity index (χ0v) is 11.8. The molecular formula is C17H15F2NO2. The number of carbonyl (C=O) groups excluding carboxylic acids is 2. The first-order valence-corrected chi connectivity index (χ1v) is 7.91. The summed E-state index contributed by atoms with van der Waals surface area (Å²) in [5, 5.41) is 0. The maximum absolute atomic E-state index is 13.5. The van der Waals surface area contributed by atoms with Crippen molar-refractivity contribution in [3.05, 3.63) is 29.8 Å². The summed E-state index contributed by atoms with van der Waals surface area (Å²) in [6.07, 6.45) is 3.21. The molecule has 0 radical (unpaired) electrons. The van der Waals surface area contributed by atoms with Crippen LogP contribution in [0.4, 0.5) is 14.5 Å². The van der Waals surface area contributed by atoms with Crippen LogP contribution in [0.25, 0.3) is 0 Å². The molecule has 1 heterocycles. The highest BCUT2D eigenvalue weighted by Gasteiger charge is 2.68. The first-order valence-electron chi connectivity index (χ1n) is 7.91. The predicted molar refractivity (Wildman–Crippen MR) is 73.6 cm³/mol. The van der Waals surface area contributed by atoms with Gasteiger partial charge in [0, 0.05) is 6.07 Å². The second kappa shape index (κ2) is 3.94. The second-order valence-electron chi connectivity index (χ2n) is 7.13. The Hall–Kier alpha value is -1.78. The summed E-state index contributed by atoms with van der Waals surface area (Å²) in [7, 11) is 0. The third-order valence-electron chi connectivity index (χ3n) is 6.31. The Bertz CT molecular complexity index is 685. The number of amides is 2. The van der Waals surface area contributed by atoms with Crippen LogP contribution in [-0.4, -0.2) is 11.8 Å². The average molecular weight is 303 g/mol. The van der Waals surface area contributed by atoms with Crippen LogP contribution in [-0.2, 0) is 9.59 Å². The number of carbonyl (C=O) groups is 2. The number of nitrogens with zero attached hydrogens (tertiary/aromatic N) is 1. The van der Waals surface area contributed by atoms with E-state index in [2.05, 4.69) is 0 Å². The predicted octanol–water partition coefficient (Wildman–Crippen LogP) is 2.75.